The van der Waals surface area contributed by atoms with Crippen molar-refractivity contribution in [1.29, 1.82) is 0 Å². The highest BCUT2D eigenvalue weighted by Gasteiger charge is 2.25. The number of nitrogens with one attached hydrogen (secondary N) is 1. The summed E-state index contributed by atoms with van der Waals surface area (Å²) in [4.78, 5) is 17.1. The fraction of sp³-hybridized carbons (Fsp3) is 0.476. The van der Waals surface area contributed by atoms with Crippen molar-refractivity contribution in [2.45, 2.75) is 58.5 Å². The Morgan fingerprint density at radius 2 is 2.17 bits per heavy atom. The summed E-state index contributed by atoms with van der Waals surface area (Å²) in [6.45, 7) is 3.73. The molecule has 0 bridgehead atoms. The third kappa shape index (κ3) is 3.88. The van der Waals surface area contributed by atoms with Crippen LogP contribution in [0.2, 0.25) is 0 Å². The lowest BCUT2D eigenvalue weighted by molar-refractivity contribution is -0.123. The van der Waals surface area contributed by atoms with Crippen molar-refractivity contribution >= 4 is 16.9 Å². The molecule has 1 fully saturated rings. The van der Waals surface area contributed by atoms with Gasteiger partial charge >= 0.3 is 0 Å². The van der Waals surface area contributed by atoms with Crippen LogP contribution in [0.5, 0.6) is 0 Å². The Bertz CT molecular complexity index is 1010. The van der Waals surface area contributed by atoms with Gasteiger partial charge in [0.15, 0.2) is 11.4 Å². The molecule has 0 aliphatic heterocycles. The minimum Gasteiger partial charge on any atom is -0.463 e. The molecule has 4 rings (SSSR count). The minimum absolute atomic E-state index is 0.0646. The van der Waals surface area contributed by atoms with Gasteiger partial charge in [-0.2, -0.15) is 5.10 Å². The van der Waals surface area contributed by atoms with Gasteiger partial charge in [0, 0.05) is 11.6 Å². The number of rotatable bonds is 5. The Balaban J connectivity index is 1.68. The molecule has 29 heavy (non-hydrogen) atoms. The average Bonchev–Trinajstić information content (AvgIpc) is 3.32. The zero-order chi connectivity index (χ0) is 20.5. The number of pyridine rings is 1. The Labute approximate surface area is 167 Å². The first-order valence-corrected chi connectivity index (χ1v) is 9.93. The summed E-state index contributed by atoms with van der Waals surface area (Å²) in [5.41, 5.74) is 0.817. The van der Waals surface area contributed by atoms with E-state index in [1.165, 1.54) is 23.4 Å². The quantitative estimate of drug-likeness (QED) is 0.675. The van der Waals surface area contributed by atoms with E-state index >= 15 is 0 Å². The summed E-state index contributed by atoms with van der Waals surface area (Å²) in [5.74, 6) is 0.634. The predicted octanol–water partition coefficient (Wildman–Crippen LogP) is 4.63. The molecule has 3 aromatic heterocycles. The van der Waals surface area contributed by atoms with Crippen molar-refractivity contribution < 1.29 is 18.0 Å². The molecule has 1 N–H and O–H groups in total. The summed E-state index contributed by atoms with van der Waals surface area (Å²) < 4.78 is 34.2. The van der Waals surface area contributed by atoms with Crippen LogP contribution in [-0.2, 0) is 11.3 Å². The molecule has 1 amide bonds. The fourth-order valence-electron chi connectivity index (χ4n) is 4.14. The van der Waals surface area contributed by atoms with Crippen LogP contribution in [-0.4, -0.2) is 26.7 Å². The molecule has 8 heteroatoms. The molecule has 6 nitrogen and oxygen atoms in total. The molecule has 2 unspecified atom stereocenters. The number of aryl methyl sites for hydroxylation is 1. The molecule has 3 aromatic rings. The van der Waals surface area contributed by atoms with E-state index in [-0.39, 0.29) is 35.1 Å². The predicted molar refractivity (Wildman–Crippen MR) is 104 cm³/mol. The van der Waals surface area contributed by atoms with E-state index in [1.54, 1.807) is 19.1 Å². The third-order valence-corrected chi connectivity index (χ3v) is 5.67. The fourth-order valence-corrected chi connectivity index (χ4v) is 4.14. The number of halogens is 2. The van der Waals surface area contributed by atoms with E-state index in [2.05, 4.69) is 22.3 Å². The van der Waals surface area contributed by atoms with Crippen molar-refractivity contribution in [3.05, 3.63) is 35.7 Å². The molecule has 0 radical (unpaired) electrons. The summed E-state index contributed by atoms with van der Waals surface area (Å²) in [5, 5.41) is 7.70. The number of nitrogens with zero attached hydrogens (tertiary/aromatic N) is 3. The Hall–Kier alpha value is -2.77. The van der Waals surface area contributed by atoms with Crippen LogP contribution in [0, 0.1) is 12.8 Å². The summed E-state index contributed by atoms with van der Waals surface area (Å²) in [7, 11) is 0. The van der Waals surface area contributed by atoms with Gasteiger partial charge in [-0.15, -0.1) is 0 Å². The summed E-state index contributed by atoms with van der Waals surface area (Å²) >= 11 is 0. The van der Waals surface area contributed by atoms with Gasteiger partial charge in [-0.1, -0.05) is 19.8 Å². The van der Waals surface area contributed by atoms with Gasteiger partial charge < -0.3 is 9.73 Å². The second-order valence-corrected chi connectivity index (χ2v) is 7.75. The number of aromatic nitrogens is 3. The molecule has 3 heterocycles. The molecule has 2 atom stereocenters. The van der Waals surface area contributed by atoms with E-state index < -0.39 is 6.43 Å². The average molecular weight is 402 g/mol. The molecule has 154 valence electrons. The lowest BCUT2D eigenvalue weighted by atomic mass is 9.86. The number of carbonyl (C=O) groups is 1. The number of amides is 1. The highest BCUT2D eigenvalue weighted by molar-refractivity contribution is 5.86. The largest absolute Gasteiger partial charge is 0.463 e. The Morgan fingerprint density at radius 3 is 2.86 bits per heavy atom. The number of alkyl halides is 2. The maximum atomic E-state index is 13.7. The number of carbonyl (C=O) groups excluding carboxylic acids is 1. The van der Waals surface area contributed by atoms with Crippen LogP contribution in [0.1, 0.15) is 50.3 Å². The van der Waals surface area contributed by atoms with Gasteiger partial charge in [0.2, 0.25) is 5.91 Å². The van der Waals surface area contributed by atoms with Crippen molar-refractivity contribution in [1.82, 2.24) is 20.1 Å². The molecule has 1 saturated carbocycles. The third-order valence-electron chi connectivity index (χ3n) is 5.67. The van der Waals surface area contributed by atoms with Gasteiger partial charge in [-0.3, -0.25) is 4.79 Å². The van der Waals surface area contributed by atoms with Crippen LogP contribution >= 0.6 is 0 Å². The molecule has 1 aliphatic carbocycles. The lowest BCUT2D eigenvalue weighted by Gasteiger charge is -2.29. The van der Waals surface area contributed by atoms with E-state index in [9.17, 15) is 13.6 Å². The number of hydrogen-bond donors (Lipinski definition) is 1. The molecule has 0 aromatic carbocycles. The smallest absolute Gasteiger partial charge is 0.264 e. The molecule has 0 spiro atoms. The van der Waals surface area contributed by atoms with Crippen LogP contribution in [0.3, 0.4) is 0 Å². The zero-order valence-corrected chi connectivity index (χ0v) is 16.5. The maximum absolute atomic E-state index is 13.7. The molecule has 1 aliphatic rings. The van der Waals surface area contributed by atoms with Crippen LogP contribution in [0.4, 0.5) is 8.78 Å². The summed E-state index contributed by atoms with van der Waals surface area (Å²) in [6.07, 6.45) is 3.12. The van der Waals surface area contributed by atoms with Crippen molar-refractivity contribution in [3.8, 4) is 11.5 Å². The second-order valence-electron chi connectivity index (χ2n) is 7.75. The van der Waals surface area contributed by atoms with Crippen molar-refractivity contribution in [3.63, 3.8) is 0 Å². The monoisotopic (exact) mass is 402 g/mol. The number of fused-ring (bicyclic) bond motifs is 1. The molecular weight excluding hydrogens is 378 g/mol. The van der Waals surface area contributed by atoms with Crippen LogP contribution < -0.4 is 5.32 Å². The van der Waals surface area contributed by atoms with Crippen molar-refractivity contribution in [2.75, 3.05) is 0 Å². The highest BCUT2D eigenvalue weighted by atomic mass is 19.3. The van der Waals surface area contributed by atoms with Crippen LogP contribution in [0.25, 0.3) is 22.5 Å². The van der Waals surface area contributed by atoms with Crippen LogP contribution in [0.15, 0.2) is 28.9 Å². The van der Waals surface area contributed by atoms with Gasteiger partial charge in [0.1, 0.15) is 12.2 Å². The van der Waals surface area contributed by atoms with E-state index in [1.807, 2.05) is 0 Å². The van der Waals surface area contributed by atoms with Gasteiger partial charge in [-0.25, -0.2) is 18.4 Å². The lowest BCUT2D eigenvalue weighted by Crippen LogP contribution is -2.42. The van der Waals surface area contributed by atoms with E-state index in [4.69, 9.17) is 4.42 Å². The van der Waals surface area contributed by atoms with E-state index in [0.29, 0.717) is 23.1 Å². The summed E-state index contributed by atoms with van der Waals surface area (Å²) in [6, 6.07) is 4.80. The Morgan fingerprint density at radius 1 is 1.38 bits per heavy atom. The topological polar surface area (TPSA) is 73.0 Å². The second kappa shape index (κ2) is 7.93. The molecular formula is C21H24F2N4O2. The normalized spacial score (nSPS) is 19.8. The van der Waals surface area contributed by atoms with Gasteiger partial charge in [0.05, 0.1) is 17.3 Å². The van der Waals surface area contributed by atoms with Crippen molar-refractivity contribution in [2.24, 2.45) is 5.92 Å². The van der Waals surface area contributed by atoms with Gasteiger partial charge in [-0.05, 0) is 43.9 Å². The standard InChI is InChI=1S/C21H24F2N4O2/c1-12-6-3-4-7-15(12)24-18(28)11-27-21-19(13(2)26-27)14(20(22)23)10-16(25-21)17-8-5-9-29-17/h5,8-10,12,15,20H,3-4,6-7,11H2,1-2H3,(H,24,28). The maximum Gasteiger partial charge on any atom is 0.264 e. The van der Waals surface area contributed by atoms with E-state index in [0.717, 1.165) is 19.3 Å². The number of furan rings is 1. The van der Waals surface area contributed by atoms with Gasteiger partial charge in [0.25, 0.3) is 6.43 Å². The zero-order valence-electron chi connectivity index (χ0n) is 16.5. The first-order valence-electron chi connectivity index (χ1n) is 9.93. The Kier molecular flexibility index (Phi) is 5.34. The number of hydrogen-bond acceptors (Lipinski definition) is 4. The highest BCUT2D eigenvalue weighted by Crippen LogP contribution is 2.33. The first kappa shape index (κ1) is 19.5. The molecule has 0 saturated heterocycles. The first-order chi connectivity index (χ1) is 13.9. The minimum atomic E-state index is -2.69. The SMILES string of the molecule is Cc1nn(CC(=O)NC2CCCCC2C)c2nc(-c3ccco3)cc(C(F)F)c12.